The molecule has 138 valence electrons. The summed E-state index contributed by atoms with van der Waals surface area (Å²) < 4.78 is 1.68. The molecule has 1 aromatic carbocycles. The first-order chi connectivity index (χ1) is 12.9. The smallest absolute Gasteiger partial charge is 0.305 e. The standard InChI is InChI=1S/C16H12N4O5S2/c21-13(22)4-5-19-15(23)12(27-16(19)26)7-10-8-17-18-14(10)9-2-1-3-11(6-9)20(24)25/h1-3,6-8,23H,4-5H2,(H,21,22)/b10-7-. The topological polar surface area (TPSA) is 130 Å². The molecule has 0 spiro atoms. The van der Waals surface area contributed by atoms with Gasteiger partial charge in [-0.1, -0.05) is 12.1 Å². The van der Waals surface area contributed by atoms with Gasteiger partial charge in [-0.25, -0.2) is 0 Å². The van der Waals surface area contributed by atoms with E-state index in [4.69, 9.17) is 17.3 Å². The van der Waals surface area contributed by atoms with Gasteiger partial charge in [-0.3, -0.25) is 19.5 Å². The predicted molar refractivity (Wildman–Crippen MR) is 103 cm³/mol. The monoisotopic (exact) mass is 404 g/mol. The zero-order chi connectivity index (χ0) is 19.6. The van der Waals surface area contributed by atoms with E-state index in [1.165, 1.54) is 22.9 Å². The van der Waals surface area contributed by atoms with Crippen LogP contribution in [0.5, 0.6) is 5.88 Å². The van der Waals surface area contributed by atoms with Gasteiger partial charge in [-0.2, -0.15) is 5.10 Å². The first kappa shape index (κ1) is 18.6. The molecule has 1 aliphatic rings. The van der Waals surface area contributed by atoms with Crippen LogP contribution in [0.4, 0.5) is 5.69 Å². The molecule has 11 heteroatoms. The molecular weight excluding hydrogens is 392 g/mol. The zero-order valence-corrected chi connectivity index (χ0v) is 15.2. The Bertz CT molecular complexity index is 1080. The van der Waals surface area contributed by atoms with Crippen molar-refractivity contribution in [2.24, 2.45) is 10.2 Å². The van der Waals surface area contributed by atoms with Crippen molar-refractivity contribution in [3.8, 4) is 5.88 Å². The van der Waals surface area contributed by atoms with Crippen LogP contribution in [0.1, 0.15) is 16.9 Å². The lowest BCUT2D eigenvalue weighted by Crippen LogP contribution is -2.04. The van der Waals surface area contributed by atoms with Gasteiger partial charge in [0, 0.05) is 29.8 Å². The molecule has 1 aliphatic heterocycles. The number of non-ortho nitro benzene ring substituents is 1. The van der Waals surface area contributed by atoms with Crippen LogP contribution in [-0.2, 0) is 11.3 Å². The Kier molecular flexibility index (Phi) is 5.23. The summed E-state index contributed by atoms with van der Waals surface area (Å²) in [4.78, 5) is 21.6. The number of carbonyl (C=O) groups is 1. The van der Waals surface area contributed by atoms with Crippen LogP contribution in [-0.4, -0.2) is 37.6 Å². The van der Waals surface area contributed by atoms with E-state index in [0.717, 1.165) is 11.3 Å². The largest absolute Gasteiger partial charge is 0.493 e. The fourth-order valence-electron chi connectivity index (χ4n) is 2.42. The van der Waals surface area contributed by atoms with Gasteiger partial charge in [0.1, 0.15) is 5.71 Å². The van der Waals surface area contributed by atoms with E-state index in [1.807, 2.05) is 0 Å². The Hall–Kier alpha value is -3.18. The molecule has 9 nitrogen and oxygen atoms in total. The number of carboxylic acid groups (broad SMARTS) is 1. The summed E-state index contributed by atoms with van der Waals surface area (Å²) in [5.74, 6) is -1.14. The minimum Gasteiger partial charge on any atom is -0.493 e. The number of nitrogens with zero attached hydrogens (tertiary/aromatic N) is 4. The summed E-state index contributed by atoms with van der Waals surface area (Å²) in [7, 11) is 0. The molecule has 0 fully saturated rings. The highest BCUT2D eigenvalue weighted by Gasteiger charge is 2.18. The molecule has 2 N–H and O–H groups in total. The SMILES string of the molecule is O=C(O)CCn1c(O)c(/C=C2/C=NN=C2c2cccc([N+](=O)[O-])c2)sc1=S. The Labute approximate surface area is 161 Å². The predicted octanol–water partition coefficient (Wildman–Crippen LogP) is 3.24. The highest BCUT2D eigenvalue weighted by molar-refractivity contribution is 7.73. The number of nitro benzene ring substituents is 1. The number of aliphatic carboxylic acids is 1. The molecule has 0 saturated heterocycles. The Morgan fingerprint density at radius 1 is 1.44 bits per heavy atom. The third-order valence-corrected chi connectivity index (χ3v) is 5.07. The van der Waals surface area contributed by atoms with Crippen LogP contribution in [0.25, 0.3) is 6.08 Å². The second-order valence-electron chi connectivity index (χ2n) is 5.45. The van der Waals surface area contributed by atoms with Gasteiger partial charge in [-0.15, -0.1) is 16.4 Å². The zero-order valence-electron chi connectivity index (χ0n) is 13.6. The van der Waals surface area contributed by atoms with Gasteiger partial charge in [0.05, 0.1) is 22.4 Å². The number of thiazole rings is 1. The summed E-state index contributed by atoms with van der Waals surface area (Å²) in [6.07, 6.45) is 2.91. The number of carboxylic acids is 1. The van der Waals surface area contributed by atoms with Crippen molar-refractivity contribution in [3.05, 3.63) is 54.3 Å². The molecule has 2 aromatic rings. The molecule has 1 aromatic heterocycles. The van der Waals surface area contributed by atoms with Crippen LogP contribution in [0, 0.1) is 14.1 Å². The highest BCUT2D eigenvalue weighted by atomic mass is 32.1. The number of allylic oxidation sites excluding steroid dienone is 1. The van der Waals surface area contributed by atoms with Crippen molar-refractivity contribution in [2.45, 2.75) is 13.0 Å². The van der Waals surface area contributed by atoms with E-state index in [9.17, 15) is 20.0 Å². The molecule has 0 unspecified atom stereocenters. The second kappa shape index (κ2) is 7.60. The van der Waals surface area contributed by atoms with Crippen LogP contribution in [0.15, 0.2) is 40.0 Å². The van der Waals surface area contributed by atoms with Crippen LogP contribution in [0.2, 0.25) is 0 Å². The van der Waals surface area contributed by atoms with Gasteiger partial charge >= 0.3 is 5.97 Å². The number of hydrogen-bond acceptors (Lipinski definition) is 8. The van der Waals surface area contributed by atoms with E-state index < -0.39 is 10.9 Å². The molecule has 0 saturated carbocycles. The number of hydrogen-bond donors (Lipinski definition) is 2. The molecule has 0 bridgehead atoms. The van der Waals surface area contributed by atoms with Crippen molar-refractivity contribution < 1.29 is 19.9 Å². The summed E-state index contributed by atoms with van der Waals surface area (Å²) in [5.41, 5.74) is 1.42. The van der Waals surface area contributed by atoms with E-state index >= 15 is 0 Å². The lowest BCUT2D eigenvalue weighted by atomic mass is 10.0. The van der Waals surface area contributed by atoms with Gasteiger partial charge < -0.3 is 10.2 Å². The quantitative estimate of drug-likeness (QED) is 0.432. The minimum atomic E-state index is -0.995. The van der Waals surface area contributed by atoms with E-state index in [1.54, 1.807) is 18.2 Å². The number of aromatic hydroxyl groups is 1. The Morgan fingerprint density at radius 2 is 2.22 bits per heavy atom. The van der Waals surface area contributed by atoms with Gasteiger partial charge in [-0.05, 0) is 18.3 Å². The van der Waals surface area contributed by atoms with Crippen molar-refractivity contribution in [2.75, 3.05) is 0 Å². The van der Waals surface area contributed by atoms with Crippen molar-refractivity contribution >= 4 is 53.2 Å². The van der Waals surface area contributed by atoms with Crippen LogP contribution in [0.3, 0.4) is 0 Å². The fourth-order valence-corrected chi connectivity index (χ4v) is 3.73. The average molecular weight is 404 g/mol. The Balaban J connectivity index is 1.95. The van der Waals surface area contributed by atoms with Crippen molar-refractivity contribution in [1.82, 2.24) is 4.57 Å². The summed E-state index contributed by atoms with van der Waals surface area (Å²) >= 11 is 6.30. The molecule has 0 atom stereocenters. The maximum atomic E-state index is 11.0. The third-order valence-electron chi connectivity index (χ3n) is 3.69. The fraction of sp³-hybridized carbons (Fsp3) is 0.125. The van der Waals surface area contributed by atoms with Gasteiger partial charge in [0.15, 0.2) is 3.95 Å². The maximum Gasteiger partial charge on any atom is 0.305 e. The summed E-state index contributed by atoms with van der Waals surface area (Å²) in [6, 6.07) is 5.99. The van der Waals surface area contributed by atoms with Crippen molar-refractivity contribution in [1.29, 1.82) is 0 Å². The normalized spacial score (nSPS) is 14.5. The van der Waals surface area contributed by atoms with Crippen LogP contribution >= 0.6 is 23.6 Å². The number of nitro groups is 1. The minimum absolute atomic E-state index is 0.0551. The molecule has 0 amide bonds. The molecular formula is C16H12N4O5S2. The van der Waals surface area contributed by atoms with Crippen LogP contribution < -0.4 is 0 Å². The molecule has 3 rings (SSSR count). The highest BCUT2D eigenvalue weighted by Crippen LogP contribution is 2.30. The second-order valence-corrected chi connectivity index (χ2v) is 7.13. The molecule has 0 aliphatic carbocycles. The number of aromatic nitrogens is 1. The molecule has 27 heavy (non-hydrogen) atoms. The van der Waals surface area contributed by atoms with E-state index in [-0.39, 0.29) is 24.5 Å². The summed E-state index contributed by atoms with van der Waals surface area (Å²) in [5, 5.41) is 38.0. The number of benzene rings is 1. The lowest BCUT2D eigenvalue weighted by Gasteiger charge is -2.03. The molecule has 0 radical (unpaired) electrons. The first-order valence-electron chi connectivity index (χ1n) is 7.59. The first-order valence-corrected chi connectivity index (χ1v) is 8.81. The van der Waals surface area contributed by atoms with Gasteiger partial charge in [0.2, 0.25) is 5.88 Å². The Morgan fingerprint density at radius 3 is 2.93 bits per heavy atom. The average Bonchev–Trinajstić information content (AvgIpc) is 3.18. The van der Waals surface area contributed by atoms with Gasteiger partial charge in [0.25, 0.3) is 5.69 Å². The van der Waals surface area contributed by atoms with Crippen molar-refractivity contribution in [3.63, 3.8) is 0 Å². The number of rotatable bonds is 6. The maximum absolute atomic E-state index is 11.0. The lowest BCUT2D eigenvalue weighted by molar-refractivity contribution is -0.384. The molecule has 2 heterocycles. The van der Waals surface area contributed by atoms with E-state index in [0.29, 0.717) is 25.7 Å². The summed E-state index contributed by atoms with van der Waals surface area (Å²) in [6.45, 7) is 0.0551. The van der Waals surface area contributed by atoms with E-state index in [2.05, 4.69) is 10.2 Å². The third kappa shape index (κ3) is 3.99.